The van der Waals surface area contributed by atoms with Crippen LogP contribution in [0.5, 0.6) is 0 Å². The number of piperazine rings is 1. The predicted molar refractivity (Wildman–Crippen MR) is 45.9 cm³/mol. The van der Waals surface area contributed by atoms with Crippen LogP contribution in [0.4, 0.5) is 0 Å². The van der Waals surface area contributed by atoms with Crippen LogP contribution >= 0.6 is 0 Å². The summed E-state index contributed by atoms with van der Waals surface area (Å²) in [5.41, 5.74) is 0. The van der Waals surface area contributed by atoms with E-state index in [4.69, 9.17) is 5.11 Å². The van der Waals surface area contributed by atoms with E-state index in [2.05, 4.69) is 0 Å². The molecule has 0 aromatic rings. The summed E-state index contributed by atoms with van der Waals surface area (Å²) in [5.74, 6) is -1.01. The molecule has 0 spiro atoms. The van der Waals surface area contributed by atoms with Crippen molar-refractivity contribution >= 4 is 11.8 Å². The SMILES string of the molecule is C[C@@H](O)CN1CCN(C)C(=O)C1=O. The van der Waals surface area contributed by atoms with Gasteiger partial charge in [-0.2, -0.15) is 0 Å². The molecule has 74 valence electrons. The minimum absolute atomic E-state index is 0.235. The van der Waals surface area contributed by atoms with Gasteiger partial charge in [-0.15, -0.1) is 0 Å². The van der Waals surface area contributed by atoms with Gasteiger partial charge in [-0.3, -0.25) is 9.59 Å². The van der Waals surface area contributed by atoms with Crippen LogP contribution in [0.1, 0.15) is 6.92 Å². The average molecular weight is 186 g/mol. The summed E-state index contributed by atoms with van der Waals surface area (Å²) in [7, 11) is 1.60. The molecule has 1 aliphatic heterocycles. The lowest BCUT2D eigenvalue weighted by Gasteiger charge is -2.32. The van der Waals surface area contributed by atoms with E-state index < -0.39 is 17.9 Å². The molecule has 1 rings (SSSR count). The zero-order valence-electron chi connectivity index (χ0n) is 7.86. The molecule has 1 saturated heterocycles. The first-order valence-electron chi connectivity index (χ1n) is 4.25. The minimum atomic E-state index is -0.583. The van der Waals surface area contributed by atoms with Gasteiger partial charge in [0.15, 0.2) is 0 Å². The number of aliphatic hydroxyl groups is 1. The molecule has 5 nitrogen and oxygen atoms in total. The number of β-amino-alcohol motifs (C(OH)–C–C–N with tert-alkyl or cyclic N) is 1. The highest BCUT2D eigenvalue weighted by Crippen LogP contribution is 2.03. The number of rotatable bonds is 2. The first kappa shape index (κ1) is 9.98. The fourth-order valence-electron chi connectivity index (χ4n) is 1.27. The van der Waals surface area contributed by atoms with Crippen molar-refractivity contribution in [1.82, 2.24) is 9.80 Å². The molecule has 5 heteroatoms. The van der Waals surface area contributed by atoms with Gasteiger partial charge in [-0.25, -0.2) is 0 Å². The number of hydrogen-bond donors (Lipinski definition) is 1. The Kier molecular flexibility index (Phi) is 2.87. The molecule has 0 unspecified atom stereocenters. The zero-order valence-corrected chi connectivity index (χ0v) is 7.86. The van der Waals surface area contributed by atoms with E-state index >= 15 is 0 Å². The van der Waals surface area contributed by atoms with Crippen molar-refractivity contribution in [2.75, 3.05) is 26.7 Å². The maximum absolute atomic E-state index is 11.3. The molecular weight excluding hydrogens is 172 g/mol. The standard InChI is InChI=1S/C8H14N2O3/c1-6(11)5-10-4-3-9(2)7(12)8(10)13/h6,11H,3-5H2,1-2H3/t6-/m1/s1. The Morgan fingerprint density at radius 2 is 2.00 bits per heavy atom. The second-order valence-corrected chi connectivity index (χ2v) is 3.33. The van der Waals surface area contributed by atoms with Gasteiger partial charge in [0.25, 0.3) is 0 Å². The number of carbonyl (C=O) groups excluding carboxylic acids is 2. The molecule has 1 atom stereocenters. The molecule has 1 fully saturated rings. The Balaban J connectivity index is 2.59. The van der Waals surface area contributed by atoms with Crippen LogP contribution in [0.3, 0.4) is 0 Å². The molecular formula is C8H14N2O3. The number of aliphatic hydroxyl groups excluding tert-OH is 1. The van der Waals surface area contributed by atoms with Gasteiger partial charge in [0.2, 0.25) is 0 Å². The molecule has 0 aromatic carbocycles. The summed E-state index contributed by atoms with van der Waals surface area (Å²) in [6.45, 7) is 2.87. The van der Waals surface area contributed by atoms with Crippen molar-refractivity contribution in [3.05, 3.63) is 0 Å². The summed E-state index contributed by atoms with van der Waals surface area (Å²) in [6.07, 6.45) is -0.583. The van der Waals surface area contributed by atoms with Gasteiger partial charge in [-0.1, -0.05) is 0 Å². The smallest absolute Gasteiger partial charge is 0.312 e. The number of carbonyl (C=O) groups is 2. The van der Waals surface area contributed by atoms with Crippen LogP contribution in [-0.2, 0) is 9.59 Å². The molecule has 0 saturated carbocycles. The number of amides is 2. The average Bonchev–Trinajstić information content (AvgIpc) is 2.06. The Morgan fingerprint density at radius 3 is 2.54 bits per heavy atom. The molecule has 2 amide bonds. The van der Waals surface area contributed by atoms with Crippen LogP contribution in [0.2, 0.25) is 0 Å². The first-order chi connectivity index (χ1) is 6.02. The lowest BCUT2D eigenvalue weighted by atomic mass is 10.2. The monoisotopic (exact) mass is 186 g/mol. The van der Waals surface area contributed by atoms with E-state index in [0.717, 1.165) is 0 Å². The van der Waals surface area contributed by atoms with Crippen LogP contribution in [-0.4, -0.2) is 59.5 Å². The van der Waals surface area contributed by atoms with E-state index in [1.54, 1.807) is 14.0 Å². The minimum Gasteiger partial charge on any atom is -0.392 e. The summed E-state index contributed by atoms with van der Waals surface area (Å²) < 4.78 is 0. The van der Waals surface area contributed by atoms with Crippen LogP contribution in [0, 0.1) is 0 Å². The number of nitrogens with zero attached hydrogens (tertiary/aromatic N) is 2. The van der Waals surface area contributed by atoms with E-state index in [-0.39, 0.29) is 6.54 Å². The van der Waals surface area contributed by atoms with Crippen LogP contribution in [0.15, 0.2) is 0 Å². The molecule has 0 bridgehead atoms. The van der Waals surface area contributed by atoms with Crippen molar-refractivity contribution in [2.24, 2.45) is 0 Å². The van der Waals surface area contributed by atoms with E-state index in [0.29, 0.717) is 13.1 Å². The summed E-state index contributed by atoms with van der Waals surface area (Å²) in [4.78, 5) is 25.2. The van der Waals surface area contributed by atoms with E-state index in [9.17, 15) is 9.59 Å². The molecule has 1 N–H and O–H groups in total. The molecule has 0 aromatic heterocycles. The van der Waals surface area contributed by atoms with Crippen LogP contribution < -0.4 is 0 Å². The van der Waals surface area contributed by atoms with Crippen LogP contribution in [0.25, 0.3) is 0 Å². The lowest BCUT2D eigenvalue weighted by Crippen LogP contribution is -2.54. The second-order valence-electron chi connectivity index (χ2n) is 3.33. The third-order valence-corrected chi connectivity index (χ3v) is 2.01. The van der Waals surface area contributed by atoms with E-state index in [1.807, 2.05) is 0 Å². The van der Waals surface area contributed by atoms with E-state index in [1.165, 1.54) is 9.80 Å². The quantitative estimate of drug-likeness (QED) is 0.543. The topological polar surface area (TPSA) is 60.9 Å². The maximum Gasteiger partial charge on any atom is 0.312 e. The van der Waals surface area contributed by atoms with Gasteiger partial charge in [-0.05, 0) is 6.92 Å². The fraction of sp³-hybridized carbons (Fsp3) is 0.750. The Morgan fingerprint density at radius 1 is 1.38 bits per heavy atom. The van der Waals surface area contributed by atoms with Gasteiger partial charge >= 0.3 is 11.8 Å². The molecule has 1 aliphatic rings. The highest BCUT2D eigenvalue weighted by atomic mass is 16.3. The lowest BCUT2D eigenvalue weighted by molar-refractivity contribution is -0.155. The van der Waals surface area contributed by atoms with Crippen molar-refractivity contribution in [3.8, 4) is 0 Å². The molecule has 1 heterocycles. The second kappa shape index (κ2) is 3.74. The Labute approximate surface area is 76.9 Å². The Hall–Kier alpha value is -1.10. The highest BCUT2D eigenvalue weighted by Gasteiger charge is 2.30. The molecule has 0 aliphatic carbocycles. The van der Waals surface area contributed by atoms with Gasteiger partial charge in [0.1, 0.15) is 0 Å². The predicted octanol–water partition coefficient (Wildman–Crippen LogP) is -1.33. The van der Waals surface area contributed by atoms with Crippen molar-refractivity contribution < 1.29 is 14.7 Å². The highest BCUT2D eigenvalue weighted by molar-refractivity contribution is 6.35. The van der Waals surface area contributed by atoms with Gasteiger partial charge in [0.05, 0.1) is 6.10 Å². The fourth-order valence-corrected chi connectivity index (χ4v) is 1.27. The Bertz CT molecular complexity index is 227. The first-order valence-corrected chi connectivity index (χ1v) is 4.25. The van der Waals surface area contributed by atoms with Crippen molar-refractivity contribution in [2.45, 2.75) is 13.0 Å². The number of hydrogen-bond acceptors (Lipinski definition) is 3. The normalized spacial score (nSPS) is 20.8. The third-order valence-electron chi connectivity index (χ3n) is 2.01. The van der Waals surface area contributed by atoms with Gasteiger partial charge in [0, 0.05) is 26.7 Å². The zero-order chi connectivity index (χ0) is 10.0. The molecule has 0 radical (unpaired) electrons. The largest absolute Gasteiger partial charge is 0.392 e. The number of likely N-dealkylation sites (N-methyl/N-ethyl adjacent to an activating group) is 1. The van der Waals surface area contributed by atoms with Crippen molar-refractivity contribution in [1.29, 1.82) is 0 Å². The van der Waals surface area contributed by atoms with Crippen molar-refractivity contribution in [3.63, 3.8) is 0 Å². The third kappa shape index (κ3) is 2.18. The summed E-state index contributed by atoms with van der Waals surface area (Å²) in [6, 6.07) is 0. The summed E-state index contributed by atoms with van der Waals surface area (Å²) >= 11 is 0. The summed E-state index contributed by atoms with van der Waals surface area (Å²) in [5, 5.41) is 9.06. The van der Waals surface area contributed by atoms with Gasteiger partial charge < -0.3 is 14.9 Å². The maximum atomic E-state index is 11.3. The molecule has 13 heavy (non-hydrogen) atoms.